The summed E-state index contributed by atoms with van der Waals surface area (Å²) in [5, 5.41) is 0. The average Bonchev–Trinajstić information content (AvgIpc) is 3.22. The minimum absolute atomic E-state index is 0.0276. The molecular formula is C29H43N2O6S2+. The lowest BCUT2D eigenvalue weighted by Crippen LogP contribution is -2.27. The molecule has 1 aromatic carbocycles. The molecule has 0 saturated heterocycles. The lowest BCUT2D eigenvalue weighted by Gasteiger charge is -2.27. The van der Waals surface area contributed by atoms with Gasteiger partial charge in [-0.05, 0) is 50.8 Å². The van der Waals surface area contributed by atoms with Gasteiger partial charge in [-0.25, -0.2) is 4.58 Å². The highest BCUT2D eigenvalue weighted by Gasteiger charge is 2.39. The molecule has 0 amide bonds. The molecule has 10 heteroatoms. The van der Waals surface area contributed by atoms with Gasteiger partial charge in [0.05, 0.1) is 16.9 Å². The number of nitrogens with zero attached hydrogens (tertiary/aromatic N) is 2. The lowest BCUT2D eigenvalue weighted by atomic mass is 9.84. The molecule has 216 valence electrons. The summed E-state index contributed by atoms with van der Waals surface area (Å²) < 4.78 is 64.6. The van der Waals surface area contributed by atoms with Gasteiger partial charge in [-0.15, -0.1) is 0 Å². The Balaban J connectivity index is 1.74. The van der Waals surface area contributed by atoms with Gasteiger partial charge in [0.15, 0.2) is 5.71 Å². The minimum atomic E-state index is -3.96. The van der Waals surface area contributed by atoms with Crippen molar-refractivity contribution in [2.24, 2.45) is 5.41 Å². The van der Waals surface area contributed by atoms with Crippen LogP contribution in [-0.2, 0) is 25.7 Å². The summed E-state index contributed by atoms with van der Waals surface area (Å²) >= 11 is 0. The zero-order chi connectivity index (χ0) is 28.9. The third kappa shape index (κ3) is 8.61. The third-order valence-electron chi connectivity index (χ3n) is 7.68. The standard InChI is InChI=1S/C29H42N2O6S2/c1-28(2)18-21-30(19-10-12-22-38(32,33)34)26(28)16-6-5-7-17-27-29(3,4)24-14-8-9-15-25(24)31(27)20-11-13-23-39(35,36)37/h5-9,14-17H,10-13,18-23H2,1-4H3,(H-,32,33,34,35,36,37)/p+1. The maximum absolute atomic E-state index is 11.1. The summed E-state index contributed by atoms with van der Waals surface area (Å²) in [6.45, 7) is 11.1. The van der Waals surface area contributed by atoms with E-state index in [9.17, 15) is 16.8 Å². The summed E-state index contributed by atoms with van der Waals surface area (Å²) in [7, 11) is -7.88. The van der Waals surface area contributed by atoms with Crippen molar-refractivity contribution in [2.45, 2.75) is 65.2 Å². The second-order valence-electron chi connectivity index (χ2n) is 11.6. The van der Waals surface area contributed by atoms with E-state index >= 15 is 0 Å². The first-order valence-electron chi connectivity index (χ1n) is 13.6. The van der Waals surface area contributed by atoms with E-state index in [0.29, 0.717) is 32.2 Å². The normalized spacial score (nSPS) is 20.2. The zero-order valence-corrected chi connectivity index (χ0v) is 25.1. The van der Waals surface area contributed by atoms with Gasteiger partial charge in [0.25, 0.3) is 20.2 Å². The third-order valence-corrected chi connectivity index (χ3v) is 9.29. The van der Waals surface area contributed by atoms with Crippen LogP contribution in [0.15, 0.2) is 60.3 Å². The maximum atomic E-state index is 11.1. The second-order valence-corrected chi connectivity index (χ2v) is 14.7. The molecule has 0 unspecified atom stereocenters. The maximum Gasteiger partial charge on any atom is 0.264 e. The van der Waals surface area contributed by atoms with Crippen LogP contribution in [0.25, 0.3) is 0 Å². The molecule has 3 rings (SSSR count). The minimum Gasteiger partial charge on any atom is -0.344 e. The highest BCUT2D eigenvalue weighted by atomic mass is 32.2. The van der Waals surface area contributed by atoms with Crippen molar-refractivity contribution in [1.82, 2.24) is 0 Å². The molecular weight excluding hydrogens is 536 g/mol. The zero-order valence-electron chi connectivity index (χ0n) is 23.5. The molecule has 0 saturated carbocycles. The van der Waals surface area contributed by atoms with Crippen LogP contribution in [-0.4, -0.2) is 67.4 Å². The van der Waals surface area contributed by atoms with Crippen LogP contribution < -0.4 is 4.90 Å². The van der Waals surface area contributed by atoms with Crippen LogP contribution in [0.4, 0.5) is 5.69 Å². The fourth-order valence-corrected chi connectivity index (χ4v) is 6.67. The molecule has 0 spiro atoms. The van der Waals surface area contributed by atoms with Gasteiger partial charge < -0.3 is 4.90 Å². The number of unbranched alkanes of at least 4 members (excludes halogenated alkanes) is 2. The molecule has 1 aromatic rings. The topological polar surface area (TPSA) is 115 Å². The van der Waals surface area contributed by atoms with E-state index in [1.165, 1.54) is 11.3 Å². The van der Waals surface area contributed by atoms with Crippen molar-refractivity contribution in [3.05, 3.63) is 65.9 Å². The number of para-hydroxylation sites is 1. The summed E-state index contributed by atoms with van der Waals surface area (Å²) in [5.74, 6) is -0.438. The van der Waals surface area contributed by atoms with Crippen molar-refractivity contribution in [3.63, 3.8) is 0 Å². The van der Waals surface area contributed by atoms with E-state index in [1.54, 1.807) is 0 Å². The van der Waals surface area contributed by atoms with Gasteiger partial charge >= 0.3 is 0 Å². The fourth-order valence-electron chi connectivity index (χ4n) is 5.54. The van der Waals surface area contributed by atoms with Crippen LogP contribution >= 0.6 is 0 Å². The van der Waals surface area contributed by atoms with Gasteiger partial charge in [0.2, 0.25) is 0 Å². The van der Waals surface area contributed by atoms with Crippen LogP contribution in [0.2, 0.25) is 0 Å². The van der Waals surface area contributed by atoms with Gasteiger partial charge in [-0.3, -0.25) is 9.11 Å². The Kier molecular flexibility index (Phi) is 10.0. The number of fused-ring (bicyclic) bond motifs is 1. The van der Waals surface area contributed by atoms with Gasteiger partial charge in [-0.2, -0.15) is 16.8 Å². The van der Waals surface area contributed by atoms with E-state index in [2.05, 4.69) is 61.5 Å². The van der Waals surface area contributed by atoms with Gasteiger partial charge in [-0.1, -0.05) is 50.3 Å². The highest BCUT2D eigenvalue weighted by Crippen LogP contribution is 2.47. The monoisotopic (exact) mass is 579 g/mol. The van der Waals surface area contributed by atoms with Gasteiger partial charge in [0.1, 0.15) is 13.1 Å². The average molecular weight is 580 g/mol. The number of rotatable bonds is 13. The van der Waals surface area contributed by atoms with Crippen molar-refractivity contribution in [3.8, 4) is 0 Å². The molecule has 0 atom stereocenters. The van der Waals surface area contributed by atoms with E-state index < -0.39 is 20.2 Å². The number of anilines is 1. The van der Waals surface area contributed by atoms with Crippen LogP contribution in [0.3, 0.4) is 0 Å². The van der Waals surface area contributed by atoms with Crippen molar-refractivity contribution < 1.29 is 30.5 Å². The number of hydrogen-bond acceptors (Lipinski definition) is 5. The van der Waals surface area contributed by atoms with E-state index in [1.807, 2.05) is 30.4 Å². The Bertz CT molecular complexity index is 1370. The van der Waals surface area contributed by atoms with Crippen molar-refractivity contribution in [2.75, 3.05) is 36.0 Å². The Hall–Kier alpha value is -2.27. The van der Waals surface area contributed by atoms with Crippen LogP contribution in [0.1, 0.15) is 65.4 Å². The summed E-state index contributed by atoms with van der Waals surface area (Å²) in [6, 6.07) is 8.27. The number of benzene rings is 1. The van der Waals surface area contributed by atoms with E-state index in [0.717, 1.165) is 30.9 Å². The molecule has 0 bridgehead atoms. The molecule has 39 heavy (non-hydrogen) atoms. The molecule has 8 nitrogen and oxygen atoms in total. The quantitative estimate of drug-likeness (QED) is 0.146. The largest absolute Gasteiger partial charge is 0.344 e. The Labute approximate surface area is 234 Å². The first kappa shape index (κ1) is 31.3. The predicted octanol–water partition coefficient (Wildman–Crippen LogP) is 5.00. The molecule has 0 aliphatic carbocycles. The molecule has 2 N–H and O–H groups in total. The van der Waals surface area contributed by atoms with Crippen LogP contribution in [0.5, 0.6) is 0 Å². The van der Waals surface area contributed by atoms with Crippen molar-refractivity contribution in [1.29, 1.82) is 0 Å². The molecule has 0 radical (unpaired) electrons. The molecule has 0 fully saturated rings. The summed E-state index contributed by atoms with van der Waals surface area (Å²) in [4.78, 5) is 2.25. The highest BCUT2D eigenvalue weighted by molar-refractivity contribution is 7.86. The summed E-state index contributed by atoms with van der Waals surface area (Å²) in [5.41, 5.74) is 4.52. The Morgan fingerprint density at radius 3 is 2.21 bits per heavy atom. The van der Waals surface area contributed by atoms with Crippen molar-refractivity contribution >= 4 is 31.6 Å². The molecule has 2 aliphatic heterocycles. The van der Waals surface area contributed by atoms with Crippen LogP contribution in [0, 0.1) is 5.41 Å². The first-order chi connectivity index (χ1) is 18.1. The lowest BCUT2D eigenvalue weighted by molar-refractivity contribution is -0.519. The summed E-state index contributed by atoms with van der Waals surface area (Å²) in [6.07, 6.45) is 13.5. The van der Waals surface area contributed by atoms with Gasteiger partial charge in [0, 0.05) is 42.3 Å². The Morgan fingerprint density at radius 1 is 0.897 bits per heavy atom. The Morgan fingerprint density at radius 2 is 1.54 bits per heavy atom. The first-order valence-corrected chi connectivity index (χ1v) is 16.8. The smallest absolute Gasteiger partial charge is 0.264 e. The SMILES string of the molecule is CC1(C)CC[N+](CCCCS(=O)(=O)O)=C1/C=C/C=C/C=C1/N(CCCCS(=O)(=O)O)c2ccccc2C1(C)C. The second kappa shape index (κ2) is 12.5. The van der Waals surface area contributed by atoms with E-state index in [4.69, 9.17) is 9.11 Å². The molecule has 0 aromatic heterocycles. The predicted molar refractivity (Wildman–Crippen MR) is 158 cm³/mol. The molecule has 2 aliphatic rings. The number of hydrogen-bond donors (Lipinski definition) is 2. The molecule has 2 heterocycles. The fraction of sp³-hybridized carbons (Fsp3) is 0.552. The number of allylic oxidation sites excluding steroid dienone is 6. The van der Waals surface area contributed by atoms with E-state index in [-0.39, 0.29) is 22.3 Å².